The van der Waals surface area contributed by atoms with Crippen molar-refractivity contribution in [2.75, 3.05) is 7.11 Å². The lowest BCUT2D eigenvalue weighted by Gasteiger charge is -2.13. The Bertz CT molecular complexity index is 382. The molecule has 0 radical (unpaired) electrons. The molecule has 1 aromatic carbocycles. The quantitative estimate of drug-likeness (QED) is 0.740. The molecule has 1 fully saturated rings. The summed E-state index contributed by atoms with van der Waals surface area (Å²) in [6.45, 7) is 2.08. The Kier molecular flexibility index (Phi) is 2.76. The second-order valence-electron chi connectivity index (χ2n) is 4.20. The van der Waals surface area contributed by atoms with E-state index < -0.39 is 0 Å². The van der Waals surface area contributed by atoms with E-state index in [1.807, 2.05) is 12.1 Å². The summed E-state index contributed by atoms with van der Waals surface area (Å²) in [5, 5.41) is 0. The van der Waals surface area contributed by atoms with Gasteiger partial charge in [0.25, 0.3) is 0 Å². The Morgan fingerprint density at radius 3 is 2.73 bits per heavy atom. The van der Waals surface area contributed by atoms with E-state index in [4.69, 9.17) is 4.74 Å². The maximum Gasteiger partial charge on any atom is 0.133 e. The highest BCUT2D eigenvalue weighted by Gasteiger charge is 2.24. The van der Waals surface area contributed by atoms with Gasteiger partial charge in [-0.2, -0.15) is 0 Å². The number of rotatable bonds is 2. The van der Waals surface area contributed by atoms with Crippen molar-refractivity contribution < 1.29 is 9.53 Å². The van der Waals surface area contributed by atoms with Crippen molar-refractivity contribution in [3.63, 3.8) is 0 Å². The largest absolute Gasteiger partial charge is 0.497 e. The van der Waals surface area contributed by atoms with Crippen LogP contribution in [0.3, 0.4) is 0 Å². The van der Waals surface area contributed by atoms with Crippen LogP contribution in [0.5, 0.6) is 5.75 Å². The van der Waals surface area contributed by atoms with Crippen LogP contribution in [0.1, 0.15) is 36.3 Å². The van der Waals surface area contributed by atoms with Gasteiger partial charge in [-0.05, 0) is 42.5 Å². The first-order valence-corrected chi connectivity index (χ1v) is 5.37. The van der Waals surface area contributed by atoms with Crippen LogP contribution < -0.4 is 4.74 Å². The van der Waals surface area contributed by atoms with E-state index in [0.717, 1.165) is 18.6 Å². The van der Waals surface area contributed by atoms with E-state index in [9.17, 15) is 4.79 Å². The molecular weight excluding hydrogens is 188 g/mol. The fourth-order valence-corrected chi connectivity index (χ4v) is 2.31. The van der Waals surface area contributed by atoms with Crippen LogP contribution >= 0.6 is 0 Å². The van der Waals surface area contributed by atoms with Crippen molar-refractivity contribution >= 4 is 5.78 Å². The van der Waals surface area contributed by atoms with Crippen LogP contribution in [0, 0.1) is 6.92 Å². The molecule has 0 saturated heterocycles. The number of ether oxygens (including phenoxy) is 1. The summed E-state index contributed by atoms with van der Waals surface area (Å²) < 4.78 is 5.17. The average Bonchev–Trinajstić information content (AvgIpc) is 2.64. The van der Waals surface area contributed by atoms with E-state index in [1.54, 1.807) is 7.11 Å². The predicted octanol–water partition coefficient (Wildman–Crippen LogP) is 2.84. The summed E-state index contributed by atoms with van der Waals surface area (Å²) in [4.78, 5) is 11.2. The highest BCUT2D eigenvalue weighted by atomic mass is 16.5. The first-order valence-electron chi connectivity index (χ1n) is 5.37. The highest BCUT2D eigenvalue weighted by Crippen LogP contribution is 2.34. The molecule has 1 aliphatic rings. The minimum Gasteiger partial charge on any atom is -0.497 e. The zero-order valence-electron chi connectivity index (χ0n) is 9.25. The zero-order valence-corrected chi connectivity index (χ0v) is 9.25. The smallest absolute Gasteiger partial charge is 0.133 e. The summed E-state index contributed by atoms with van der Waals surface area (Å²) in [7, 11) is 1.67. The molecule has 1 aromatic rings. The van der Waals surface area contributed by atoms with Gasteiger partial charge in [0.1, 0.15) is 11.5 Å². The fourth-order valence-electron chi connectivity index (χ4n) is 2.31. The van der Waals surface area contributed by atoms with Crippen molar-refractivity contribution in [3.8, 4) is 5.75 Å². The standard InChI is InChI=1S/C13H16O2/c1-9-7-12(15-2)5-6-13(9)10-3-4-11(14)8-10/h5-7,10H,3-4,8H2,1-2H3. The summed E-state index contributed by atoms with van der Waals surface area (Å²) in [5.74, 6) is 1.72. The maximum atomic E-state index is 11.2. The van der Waals surface area contributed by atoms with Crippen molar-refractivity contribution in [1.82, 2.24) is 0 Å². The molecule has 2 nitrogen and oxygen atoms in total. The summed E-state index contributed by atoms with van der Waals surface area (Å²) in [6.07, 6.45) is 2.47. The topological polar surface area (TPSA) is 26.3 Å². The molecule has 0 heterocycles. The maximum absolute atomic E-state index is 11.2. The molecule has 1 unspecified atom stereocenters. The minimum atomic E-state index is 0.398. The number of benzene rings is 1. The van der Waals surface area contributed by atoms with Crippen LogP contribution in [-0.4, -0.2) is 12.9 Å². The first-order chi connectivity index (χ1) is 7.20. The molecule has 0 spiro atoms. The van der Waals surface area contributed by atoms with E-state index in [0.29, 0.717) is 18.1 Å². The average molecular weight is 204 g/mol. The van der Waals surface area contributed by atoms with E-state index in [1.165, 1.54) is 11.1 Å². The molecule has 0 bridgehead atoms. The van der Waals surface area contributed by atoms with E-state index in [2.05, 4.69) is 13.0 Å². The summed E-state index contributed by atoms with van der Waals surface area (Å²) in [5.41, 5.74) is 2.54. The molecule has 0 N–H and O–H groups in total. The normalized spacial score (nSPS) is 20.7. The number of hydrogen-bond donors (Lipinski definition) is 0. The minimum absolute atomic E-state index is 0.398. The molecule has 2 heteroatoms. The van der Waals surface area contributed by atoms with Crippen LogP contribution in [0.4, 0.5) is 0 Å². The number of hydrogen-bond acceptors (Lipinski definition) is 2. The molecule has 15 heavy (non-hydrogen) atoms. The van der Waals surface area contributed by atoms with Crippen molar-refractivity contribution in [2.45, 2.75) is 32.1 Å². The Labute approximate surface area is 90.3 Å². The summed E-state index contributed by atoms with van der Waals surface area (Å²) >= 11 is 0. The molecule has 1 saturated carbocycles. The zero-order chi connectivity index (χ0) is 10.8. The number of aryl methyl sites for hydroxylation is 1. The van der Waals surface area contributed by atoms with Gasteiger partial charge in [0, 0.05) is 12.8 Å². The molecule has 2 rings (SSSR count). The SMILES string of the molecule is COc1ccc(C2CCC(=O)C2)c(C)c1. The van der Waals surface area contributed by atoms with E-state index >= 15 is 0 Å². The fraction of sp³-hybridized carbons (Fsp3) is 0.462. The Balaban J connectivity index is 2.25. The van der Waals surface area contributed by atoms with Gasteiger partial charge in [0.2, 0.25) is 0 Å². The van der Waals surface area contributed by atoms with Gasteiger partial charge < -0.3 is 4.74 Å². The lowest BCUT2D eigenvalue weighted by Crippen LogP contribution is -1.97. The Hall–Kier alpha value is -1.31. The second-order valence-corrected chi connectivity index (χ2v) is 4.20. The Morgan fingerprint density at radius 2 is 2.20 bits per heavy atom. The second kappa shape index (κ2) is 4.05. The number of carbonyl (C=O) groups is 1. The third kappa shape index (κ3) is 2.04. The van der Waals surface area contributed by atoms with Gasteiger partial charge in [-0.3, -0.25) is 4.79 Å². The molecule has 0 aliphatic heterocycles. The molecule has 0 amide bonds. The van der Waals surface area contributed by atoms with Gasteiger partial charge in [-0.15, -0.1) is 0 Å². The molecular formula is C13H16O2. The lowest BCUT2D eigenvalue weighted by molar-refractivity contribution is -0.117. The van der Waals surface area contributed by atoms with Crippen LogP contribution in [0.2, 0.25) is 0 Å². The van der Waals surface area contributed by atoms with E-state index in [-0.39, 0.29) is 0 Å². The monoisotopic (exact) mass is 204 g/mol. The third-order valence-electron chi connectivity index (χ3n) is 3.16. The molecule has 1 atom stereocenters. The predicted molar refractivity (Wildman–Crippen MR) is 59.3 cm³/mol. The number of methoxy groups -OCH3 is 1. The highest BCUT2D eigenvalue weighted by molar-refractivity contribution is 5.81. The number of Topliss-reactive ketones (excluding diaryl/α,β-unsaturated/α-hetero) is 1. The third-order valence-corrected chi connectivity index (χ3v) is 3.16. The van der Waals surface area contributed by atoms with Crippen LogP contribution in [0.15, 0.2) is 18.2 Å². The van der Waals surface area contributed by atoms with Crippen molar-refractivity contribution in [3.05, 3.63) is 29.3 Å². The van der Waals surface area contributed by atoms with Crippen molar-refractivity contribution in [2.24, 2.45) is 0 Å². The van der Waals surface area contributed by atoms with Gasteiger partial charge >= 0.3 is 0 Å². The van der Waals surface area contributed by atoms with Gasteiger partial charge in [-0.1, -0.05) is 6.07 Å². The van der Waals surface area contributed by atoms with Crippen LogP contribution in [0.25, 0.3) is 0 Å². The lowest BCUT2D eigenvalue weighted by atomic mass is 9.93. The van der Waals surface area contributed by atoms with Gasteiger partial charge in [0.05, 0.1) is 7.11 Å². The molecule has 1 aliphatic carbocycles. The molecule has 80 valence electrons. The number of ketones is 1. The van der Waals surface area contributed by atoms with Gasteiger partial charge in [0.15, 0.2) is 0 Å². The number of carbonyl (C=O) groups excluding carboxylic acids is 1. The van der Waals surface area contributed by atoms with Gasteiger partial charge in [-0.25, -0.2) is 0 Å². The first kappa shape index (κ1) is 10.2. The van der Waals surface area contributed by atoms with Crippen molar-refractivity contribution in [1.29, 1.82) is 0 Å². The van der Waals surface area contributed by atoms with Crippen LogP contribution in [-0.2, 0) is 4.79 Å². The molecule has 0 aromatic heterocycles. The summed E-state index contributed by atoms with van der Waals surface area (Å²) in [6, 6.07) is 6.11. The Morgan fingerprint density at radius 1 is 1.40 bits per heavy atom.